The summed E-state index contributed by atoms with van der Waals surface area (Å²) in [6, 6.07) is 0.712. The highest BCUT2D eigenvalue weighted by Crippen LogP contribution is 2.41. The van der Waals surface area contributed by atoms with Gasteiger partial charge in [0, 0.05) is 37.0 Å². The van der Waals surface area contributed by atoms with Gasteiger partial charge in [0.15, 0.2) is 0 Å². The highest BCUT2D eigenvalue weighted by molar-refractivity contribution is 7.99. The molecular weight excluding hydrogens is 216 g/mol. The SMILES string of the molecule is CCSCCN1CC(C)(C2CC2)NCC1C. The molecule has 2 fully saturated rings. The van der Waals surface area contributed by atoms with E-state index >= 15 is 0 Å². The Morgan fingerprint density at radius 1 is 1.44 bits per heavy atom. The third-order valence-electron chi connectivity index (χ3n) is 4.16. The third-order valence-corrected chi connectivity index (χ3v) is 5.04. The Kier molecular flexibility index (Phi) is 4.20. The molecule has 2 aliphatic rings. The Labute approximate surface area is 105 Å². The van der Waals surface area contributed by atoms with Gasteiger partial charge in [0.1, 0.15) is 0 Å². The molecule has 2 rings (SSSR count). The summed E-state index contributed by atoms with van der Waals surface area (Å²) in [5.74, 6) is 3.49. The molecule has 1 saturated heterocycles. The van der Waals surface area contributed by atoms with Gasteiger partial charge in [-0.05, 0) is 38.4 Å². The van der Waals surface area contributed by atoms with E-state index in [-0.39, 0.29) is 0 Å². The zero-order chi connectivity index (χ0) is 11.6. The molecule has 3 heteroatoms. The first kappa shape index (κ1) is 12.7. The Bertz CT molecular complexity index is 230. The number of hydrogen-bond acceptors (Lipinski definition) is 3. The second-order valence-electron chi connectivity index (χ2n) is 5.59. The quantitative estimate of drug-likeness (QED) is 0.744. The maximum Gasteiger partial charge on any atom is 0.0309 e. The molecule has 94 valence electrons. The number of piperazine rings is 1. The molecule has 1 N–H and O–H groups in total. The lowest BCUT2D eigenvalue weighted by Crippen LogP contribution is -2.63. The summed E-state index contributed by atoms with van der Waals surface area (Å²) in [5.41, 5.74) is 0.406. The van der Waals surface area contributed by atoms with Crippen molar-refractivity contribution in [2.24, 2.45) is 5.92 Å². The normalized spacial score (nSPS) is 36.6. The van der Waals surface area contributed by atoms with Crippen molar-refractivity contribution < 1.29 is 0 Å². The monoisotopic (exact) mass is 242 g/mol. The molecule has 1 aliphatic carbocycles. The molecule has 0 amide bonds. The molecule has 0 aromatic carbocycles. The molecule has 2 atom stereocenters. The molecule has 2 nitrogen and oxygen atoms in total. The fourth-order valence-corrected chi connectivity index (χ4v) is 3.42. The molecular formula is C13H26N2S. The maximum absolute atomic E-state index is 3.78. The summed E-state index contributed by atoms with van der Waals surface area (Å²) < 4.78 is 0. The largest absolute Gasteiger partial charge is 0.308 e. The van der Waals surface area contributed by atoms with E-state index in [0.29, 0.717) is 11.6 Å². The molecule has 0 aromatic rings. The lowest BCUT2D eigenvalue weighted by Gasteiger charge is -2.45. The Morgan fingerprint density at radius 3 is 2.81 bits per heavy atom. The lowest BCUT2D eigenvalue weighted by atomic mass is 9.91. The summed E-state index contributed by atoms with van der Waals surface area (Å²) in [4.78, 5) is 2.69. The first-order chi connectivity index (χ1) is 7.65. The van der Waals surface area contributed by atoms with Crippen LogP contribution in [0.5, 0.6) is 0 Å². The fourth-order valence-electron chi connectivity index (χ4n) is 2.76. The number of nitrogens with zero attached hydrogens (tertiary/aromatic N) is 1. The van der Waals surface area contributed by atoms with Gasteiger partial charge in [-0.1, -0.05) is 6.92 Å². The van der Waals surface area contributed by atoms with Gasteiger partial charge in [0.25, 0.3) is 0 Å². The Balaban J connectivity index is 1.84. The van der Waals surface area contributed by atoms with E-state index < -0.39 is 0 Å². The lowest BCUT2D eigenvalue weighted by molar-refractivity contribution is 0.0894. The zero-order valence-electron chi connectivity index (χ0n) is 11.0. The number of thioether (sulfide) groups is 1. The van der Waals surface area contributed by atoms with Crippen LogP contribution in [0.3, 0.4) is 0 Å². The van der Waals surface area contributed by atoms with Gasteiger partial charge in [-0.2, -0.15) is 11.8 Å². The van der Waals surface area contributed by atoms with Gasteiger partial charge in [-0.25, -0.2) is 0 Å². The summed E-state index contributed by atoms with van der Waals surface area (Å²) in [5, 5.41) is 3.78. The van der Waals surface area contributed by atoms with Crippen molar-refractivity contribution in [2.75, 3.05) is 31.1 Å². The van der Waals surface area contributed by atoms with Crippen molar-refractivity contribution in [2.45, 2.75) is 45.2 Å². The average molecular weight is 242 g/mol. The summed E-state index contributed by atoms with van der Waals surface area (Å²) in [7, 11) is 0. The fraction of sp³-hybridized carbons (Fsp3) is 1.00. The zero-order valence-corrected chi connectivity index (χ0v) is 11.8. The third kappa shape index (κ3) is 2.93. The van der Waals surface area contributed by atoms with Crippen molar-refractivity contribution in [3.63, 3.8) is 0 Å². The summed E-state index contributed by atoms with van der Waals surface area (Å²) >= 11 is 2.07. The van der Waals surface area contributed by atoms with Crippen LogP contribution >= 0.6 is 11.8 Å². The van der Waals surface area contributed by atoms with Gasteiger partial charge in [-0.3, -0.25) is 4.90 Å². The minimum atomic E-state index is 0.406. The summed E-state index contributed by atoms with van der Waals surface area (Å²) in [6.07, 6.45) is 2.88. The molecule has 1 saturated carbocycles. The Hall–Kier alpha value is 0.270. The molecule has 0 spiro atoms. The smallest absolute Gasteiger partial charge is 0.0309 e. The van der Waals surface area contributed by atoms with Crippen molar-refractivity contribution in [1.82, 2.24) is 10.2 Å². The van der Waals surface area contributed by atoms with Crippen molar-refractivity contribution in [3.8, 4) is 0 Å². The summed E-state index contributed by atoms with van der Waals surface area (Å²) in [6.45, 7) is 10.7. The predicted octanol–water partition coefficient (Wildman–Crippen LogP) is 2.20. The highest BCUT2D eigenvalue weighted by Gasteiger charge is 2.44. The van der Waals surface area contributed by atoms with E-state index in [9.17, 15) is 0 Å². The van der Waals surface area contributed by atoms with Gasteiger partial charge in [-0.15, -0.1) is 0 Å². The van der Waals surface area contributed by atoms with Gasteiger partial charge in [0.05, 0.1) is 0 Å². The molecule has 0 aromatic heterocycles. The highest BCUT2D eigenvalue weighted by atomic mass is 32.2. The van der Waals surface area contributed by atoms with E-state index in [1.54, 1.807) is 0 Å². The van der Waals surface area contributed by atoms with Gasteiger partial charge < -0.3 is 5.32 Å². The van der Waals surface area contributed by atoms with Crippen molar-refractivity contribution >= 4 is 11.8 Å². The molecule has 16 heavy (non-hydrogen) atoms. The molecule has 2 unspecified atom stereocenters. The second-order valence-corrected chi connectivity index (χ2v) is 6.98. The van der Waals surface area contributed by atoms with Crippen LogP contribution in [0.4, 0.5) is 0 Å². The van der Waals surface area contributed by atoms with Crippen LogP contribution in [0.15, 0.2) is 0 Å². The standard InChI is InChI=1S/C13H26N2S/c1-4-16-8-7-15-10-13(3,12-5-6-12)14-9-11(15)2/h11-12,14H,4-10H2,1-3H3. The molecule has 0 bridgehead atoms. The van der Waals surface area contributed by atoms with Gasteiger partial charge >= 0.3 is 0 Å². The molecule has 1 aliphatic heterocycles. The van der Waals surface area contributed by atoms with E-state index in [0.717, 1.165) is 5.92 Å². The van der Waals surface area contributed by atoms with Crippen LogP contribution in [-0.2, 0) is 0 Å². The minimum absolute atomic E-state index is 0.406. The van der Waals surface area contributed by atoms with Crippen LogP contribution in [0, 0.1) is 5.92 Å². The van der Waals surface area contributed by atoms with Crippen LogP contribution in [0.1, 0.15) is 33.6 Å². The number of hydrogen-bond donors (Lipinski definition) is 1. The number of nitrogens with one attached hydrogen (secondary N) is 1. The first-order valence-electron chi connectivity index (χ1n) is 6.72. The minimum Gasteiger partial charge on any atom is -0.308 e. The Morgan fingerprint density at radius 2 is 2.19 bits per heavy atom. The van der Waals surface area contributed by atoms with E-state index in [1.807, 2.05) is 0 Å². The first-order valence-corrected chi connectivity index (χ1v) is 7.88. The van der Waals surface area contributed by atoms with Crippen LogP contribution in [-0.4, -0.2) is 47.6 Å². The van der Waals surface area contributed by atoms with Crippen LogP contribution in [0.2, 0.25) is 0 Å². The number of rotatable bonds is 5. The van der Waals surface area contributed by atoms with E-state index in [4.69, 9.17) is 0 Å². The van der Waals surface area contributed by atoms with Crippen molar-refractivity contribution in [1.29, 1.82) is 0 Å². The van der Waals surface area contributed by atoms with Crippen LogP contribution < -0.4 is 5.32 Å². The van der Waals surface area contributed by atoms with Gasteiger partial charge in [0.2, 0.25) is 0 Å². The molecule has 1 heterocycles. The second kappa shape index (κ2) is 5.28. The molecule has 0 radical (unpaired) electrons. The van der Waals surface area contributed by atoms with E-state index in [2.05, 4.69) is 42.7 Å². The topological polar surface area (TPSA) is 15.3 Å². The predicted molar refractivity (Wildman–Crippen MR) is 73.2 cm³/mol. The maximum atomic E-state index is 3.78. The van der Waals surface area contributed by atoms with Crippen molar-refractivity contribution in [3.05, 3.63) is 0 Å². The average Bonchev–Trinajstić information content (AvgIpc) is 3.08. The van der Waals surface area contributed by atoms with E-state index in [1.165, 1.54) is 44.0 Å². The van der Waals surface area contributed by atoms with Crippen LogP contribution in [0.25, 0.3) is 0 Å².